The monoisotopic (exact) mass is 341 g/mol. The van der Waals surface area contributed by atoms with Crippen LogP contribution < -0.4 is 11.1 Å². The summed E-state index contributed by atoms with van der Waals surface area (Å²) in [5, 5.41) is 2.80. The van der Waals surface area contributed by atoms with Crippen LogP contribution in [0.3, 0.4) is 0 Å². The van der Waals surface area contributed by atoms with Crippen LogP contribution in [0.1, 0.15) is 34.5 Å². The number of nitrogens with zero attached hydrogens (tertiary/aromatic N) is 2. The number of imidazole rings is 1. The van der Waals surface area contributed by atoms with Crippen LogP contribution in [-0.4, -0.2) is 45.8 Å². The molecule has 132 valence electrons. The molecule has 0 unspecified atom stereocenters. The second-order valence-corrected chi connectivity index (χ2v) is 6.39. The van der Waals surface area contributed by atoms with Crippen LogP contribution in [0.2, 0.25) is 0 Å². The fraction of sp³-hybridized carbons (Fsp3) is 0.389. The van der Waals surface area contributed by atoms with Crippen LogP contribution in [0.5, 0.6) is 0 Å². The van der Waals surface area contributed by atoms with Crippen molar-refractivity contribution in [3.8, 4) is 0 Å². The van der Waals surface area contributed by atoms with E-state index in [1.54, 1.807) is 24.7 Å². The molecular formula is C18H23N5O2. The van der Waals surface area contributed by atoms with Gasteiger partial charge < -0.3 is 20.9 Å². The second-order valence-electron chi connectivity index (χ2n) is 6.39. The largest absolute Gasteiger partial charge is 0.351 e. The molecular weight excluding hydrogens is 318 g/mol. The number of anilines is 1. The topological polar surface area (TPSA) is 104 Å². The number of hydrogen-bond acceptors (Lipinski definition) is 4. The number of aromatic nitrogens is 2. The molecule has 1 aliphatic rings. The molecule has 25 heavy (non-hydrogen) atoms. The summed E-state index contributed by atoms with van der Waals surface area (Å²) < 4.78 is 0. The summed E-state index contributed by atoms with van der Waals surface area (Å²) in [5.41, 5.74) is 8.83. The highest BCUT2D eigenvalue weighted by atomic mass is 16.2. The van der Waals surface area contributed by atoms with Crippen LogP contribution in [0.15, 0.2) is 30.7 Å². The molecule has 1 aromatic heterocycles. The average molecular weight is 341 g/mol. The fourth-order valence-corrected chi connectivity index (χ4v) is 3.03. The Morgan fingerprint density at radius 1 is 1.36 bits per heavy atom. The molecule has 0 saturated carbocycles. The molecule has 2 heterocycles. The second kappa shape index (κ2) is 7.48. The van der Waals surface area contributed by atoms with Crippen molar-refractivity contribution in [3.63, 3.8) is 0 Å². The van der Waals surface area contributed by atoms with E-state index >= 15 is 0 Å². The standard InChI is InChI=1S/C18H23N5O2/c1-12-8-13(4-5-15(12)18(25)23-6-2-3-7-23)22-17(24)16(19)9-14-10-20-11-21-14/h4-5,8,10-11,16H,2-3,6-7,9,19H2,1H3,(H,20,21)(H,22,24)/t16-/m1/s1. The SMILES string of the molecule is Cc1cc(NC(=O)[C@H](N)Cc2c[nH]cn2)ccc1C(=O)N1CCCC1. The molecule has 2 amide bonds. The van der Waals surface area contributed by atoms with Gasteiger partial charge in [0.1, 0.15) is 0 Å². The minimum Gasteiger partial charge on any atom is -0.351 e. The van der Waals surface area contributed by atoms with Gasteiger partial charge in [0.25, 0.3) is 5.91 Å². The van der Waals surface area contributed by atoms with Gasteiger partial charge in [-0.3, -0.25) is 9.59 Å². The Balaban J connectivity index is 1.64. The molecule has 2 aromatic rings. The first-order valence-electron chi connectivity index (χ1n) is 8.48. The van der Waals surface area contributed by atoms with Crippen LogP contribution in [0.4, 0.5) is 5.69 Å². The number of aryl methyl sites for hydroxylation is 1. The predicted molar refractivity (Wildman–Crippen MR) is 95.2 cm³/mol. The molecule has 0 aliphatic carbocycles. The van der Waals surface area contributed by atoms with E-state index in [0.717, 1.165) is 37.2 Å². The first-order valence-corrected chi connectivity index (χ1v) is 8.48. The van der Waals surface area contributed by atoms with Gasteiger partial charge in [0.05, 0.1) is 18.1 Å². The van der Waals surface area contributed by atoms with Crippen molar-refractivity contribution in [2.75, 3.05) is 18.4 Å². The van der Waals surface area contributed by atoms with Crippen molar-refractivity contribution in [2.24, 2.45) is 5.73 Å². The number of hydrogen-bond donors (Lipinski definition) is 3. The maximum Gasteiger partial charge on any atom is 0.254 e. The van der Waals surface area contributed by atoms with Gasteiger partial charge in [-0.15, -0.1) is 0 Å². The lowest BCUT2D eigenvalue weighted by Gasteiger charge is -2.17. The van der Waals surface area contributed by atoms with Gasteiger partial charge in [-0.2, -0.15) is 0 Å². The fourth-order valence-electron chi connectivity index (χ4n) is 3.03. The average Bonchev–Trinajstić information content (AvgIpc) is 3.28. The van der Waals surface area contributed by atoms with Crippen molar-refractivity contribution in [3.05, 3.63) is 47.5 Å². The third-order valence-corrected chi connectivity index (χ3v) is 4.44. The Bertz CT molecular complexity index is 751. The van der Waals surface area contributed by atoms with Crippen molar-refractivity contribution in [2.45, 2.75) is 32.2 Å². The molecule has 0 bridgehead atoms. The van der Waals surface area contributed by atoms with Crippen molar-refractivity contribution in [1.82, 2.24) is 14.9 Å². The molecule has 7 nitrogen and oxygen atoms in total. The lowest BCUT2D eigenvalue weighted by atomic mass is 10.1. The highest BCUT2D eigenvalue weighted by Gasteiger charge is 2.21. The number of likely N-dealkylation sites (tertiary alicyclic amines) is 1. The van der Waals surface area contributed by atoms with E-state index in [4.69, 9.17) is 5.73 Å². The van der Waals surface area contributed by atoms with E-state index in [-0.39, 0.29) is 11.8 Å². The van der Waals surface area contributed by atoms with E-state index in [1.807, 2.05) is 17.9 Å². The Kier molecular flexibility index (Phi) is 5.14. The normalized spacial score (nSPS) is 15.2. The van der Waals surface area contributed by atoms with E-state index < -0.39 is 6.04 Å². The quantitative estimate of drug-likeness (QED) is 0.766. The molecule has 1 atom stereocenters. The summed E-state index contributed by atoms with van der Waals surface area (Å²) in [5.74, 6) is -0.218. The summed E-state index contributed by atoms with van der Waals surface area (Å²) >= 11 is 0. The zero-order valence-electron chi connectivity index (χ0n) is 14.3. The zero-order valence-corrected chi connectivity index (χ0v) is 14.3. The van der Waals surface area contributed by atoms with E-state index in [1.165, 1.54) is 0 Å². The van der Waals surface area contributed by atoms with Gasteiger partial charge in [-0.05, 0) is 43.5 Å². The van der Waals surface area contributed by atoms with Crippen molar-refractivity contribution >= 4 is 17.5 Å². The number of rotatable bonds is 5. The third kappa shape index (κ3) is 4.06. The highest BCUT2D eigenvalue weighted by Crippen LogP contribution is 2.19. The number of nitrogens with one attached hydrogen (secondary N) is 2. The van der Waals surface area contributed by atoms with Gasteiger partial charge in [0, 0.05) is 37.0 Å². The minimum atomic E-state index is -0.686. The summed E-state index contributed by atoms with van der Waals surface area (Å²) in [4.78, 5) is 33.5. The lowest BCUT2D eigenvalue weighted by Crippen LogP contribution is -2.37. The first kappa shape index (κ1) is 17.2. The number of H-pyrrole nitrogens is 1. The molecule has 1 aromatic carbocycles. The number of carbonyl (C=O) groups is 2. The van der Waals surface area contributed by atoms with Crippen molar-refractivity contribution < 1.29 is 9.59 Å². The highest BCUT2D eigenvalue weighted by molar-refractivity contribution is 5.98. The number of carbonyl (C=O) groups excluding carboxylic acids is 2. The summed E-state index contributed by atoms with van der Waals surface area (Å²) in [6.45, 7) is 3.51. The van der Waals surface area contributed by atoms with E-state index in [9.17, 15) is 9.59 Å². The van der Waals surface area contributed by atoms with Gasteiger partial charge in [-0.1, -0.05) is 0 Å². The molecule has 0 radical (unpaired) electrons. The van der Waals surface area contributed by atoms with Crippen LogP contribution in [0, 0.1) is 6.92 Å². The maximum atomic E-state index is 12.5. The summed E-state index contributed by atoms with van der Waals surface area (Å²) in [6.07, 6.45) is 5.76. The number of nitrogens with two attached hydrogens (primary N) is 1. The molecule has 1 aliphatic heterocycles. The molecule has 0 spiro atoms. The van der Waals surface area contributed by atoms with Gasteiger partial charge in [0.2, 0.25) is 5.91 Å². The summed E-state index contributed by atoms with van der Waals surface area (Å²) in [6, 6.07) is 4.64. The Morgan fingerprint density at radius 3 is 2.76 bits per heavy atom. The maximum absolute atomic E-state index is 12.5. The number of aromatic amines is 1. The number of benzene rings is 1. The molecule has 1 fully saturated rings. The third-order valence-electron chi connectivity index (χ3n) is 4.44. The van der Waals surface area contributed by atoms with Crippen molar-refractivity contribution in [1.29, 1.82) is 0 Å². The van der Waals surface area contributed by atoms with Gasteiger partial charge >= 0.3 is 0 Å². The first-order chi connectivity index (χ1) is 12.0. The van der Waals surface area contributed by atoms with Gasteiger partial charge in [0.15, 0.2) is 0 Å². The van der Waals surface area contributed by atoms with Crippen LogP contribution in [-0.2, 0) is 11.2 Å². The molecule has 3 rings (SSSR count). The van der Waals surface area contributed by atoms with Crippen LogP contribution >= 0.6 is 0 Å². The summed E-state index contributed by atoms with van der Waals surface area (Å²) in [7, 11) is 0. The van der Waals surface area contributed by atoms with Gasteiger partial charge in [-0.25, -0.2) is 4.98 Å². The minimum absolute atomic E-state index is 0.0584. The van der Waals surface area contributed by atoms with E-state index in [2.05, 4.69) is 15.3 Å². The molecule has 7 heteroatoms. The number of amides is 2. The van der Waals surface area contributed by atoms with E-state index in [0.29, 0.717) is 17.7 Å². The molecule has 4 N–H and O–H groups in total. The zero-order chi connectivity index (χ0) is 17.8. The Labute approximate surface area is 146 Å². The Hall–Kier alpha value is -2.67. The van der Waals surface area contributed by atoms with Crippen LogP contribution in [0.25, 0.3) is 0 Å². The molecule has 1 saturated heterocycles. The smallest absolute Gasteiger partial charge is 0.254 e. The predicted octanol–water partition coefficient (Wildman–Crippen LogP) is 1.46. The Morgan fingerprint density at radius 2 is 2.12 bits per heavy atom. The lowest BCUT2D eigenvalue weighted by molar-refractivity contribution is -0.117.